The SMILES string of the molecule is NC(=O)C(F)(F)C(N)c1ccccc1. The van der Waals surface area contributed by atoms with Crippen molar-refractivity contribution in [3.63, 3.8) is 0 Å². The number of carbonyl (C=O) groups is 1. The fourth-order valence-corrected chi connectivity index (χ4v) is 1.02. The number of rotatable bonds is 3. The second-order valence-corrected chi connectivity index (χ2v) is 2.88. The number of hydrogen-bond donors (Lipinski definition) is 2. The minimum absolute atomic E-state index is 0.177. The fourth-order valence-electron chi connectivity index (χ4n) is 1.02. The number of halogens is 2. The number of primary amides is 1. The Morgan fingerprint density at radius 2 is 1.79 bits per heavy atom. The van der Waals surface area contributed by atoms with E-state index in [-0.39, 0.29) is 5.56 Å². The predicted octanol–water partition coefficient (Wildman–Crippen LogP) is 0.807. The standard InChI is InChI=1S/C9H10F2N2O/c10-9(11,8(13)14)7(12)6-4-2-1-3-5-6/h1-5,7H,12H2,(H2,13,14). The van der Waals surface area contributed by atoms with Gasteiger partial charge in [0.2, 0.25) is 0 Å². The van der Waals surface area contributed by atoms with Crippen LogP contribution in [0.15, 0.2) is 30.3 Å². The Hall–Kier alpha value is -1.49. The molecule has 1 atom stereocenters. The fraction of sp³-hybridized carbons (Fsp3) is 0.222. The highest BCUT2D eigenvalue weighted by Crippen LogP contribution is 2.28. The summed E-state index contributed by atoms with van der Waals surface area (Å²) in [7, 11) is 0. The molecule has 0 aliphatic heterocycles. The van der Waals surface area contributed by atoms with E-state index in [2.05, 4.69) is 5.73 Å². The molecule has 1 rings (SSSR count). The molecule has 1 unspecified atom stereocenters. The molecule has 0 fully saturated rings. The number of hydrogen-bond acceptors (Lipinski definition) is 2. The van der Waals surface area contributed by atoms with E-state index in [4.69, 9.17) is 5.73 Å². The molecule has 0 radical (unpaired) electrons. The molecule has 0 spiro atoms. The Morgan fingerprint density at radius 3 is 2.21 bits per heavy atom. The van der Waals surface area contributed by atoms with Gasteiger partial charge in [0.05, 0.1) is 0 Å². The lowest BCUT2D eigenvalue weighted by molar-refractivity contribution is -0.145. The molecule has 1 aromatic carbocycles. The molecule has 76 valence electrons. The third-order valence-electron chi connectivity index (χ3n) is 1.88. The van der Waals surface area contributed by atoms with Gasteiger partial charge >= 0.3 is 5.92 Å². The molecule has 0 heterocycles. The number of benzene rings is 1. The minimum Gasteiger partial charge on any atom is -0.364 e. The van der Waals surface area contributed by atoms with Gasteiger partial charge in [-0.1, -0.05) is 30.3 Å². The summed E-state index contributed by atoms with van der Waals surface area (Å²) in [6.45, 7) is 0. The van der Waals surface area contributed by atoms with Gasteiger partial charge in [0.1, 0.15) is 6.04 Å². The molecule has 3 nitrogen and oxygen atoms in total. The van der Waals surface area contributed by atoms with E-state index >= 15 is 0 Å². The summed E-state index contributed by atoms with van der Waals surface area (Å²) in [6, 6.07) is 5.93. The molecule has 0 aromatic heterocycles. The second-order valence-electron chi connectivity index (χ2n) is 2.88. The molecule has 0 saturated heterocycles. The lowest BCUT2D eigenvalue weighted by atomic mass is 10.0. The summed E-state index contributed by atoms with van der Waals surface area (Å²) in [5, 5.41) is 0. The van der Waals surface area contributed by atoms with E-state index in [1.54, 1.807) is 18.2 Å². The highest BCUT2D eigenvalue weighted by molar-refractivity contribution is 5.82. The van der Waals surface area contributed by atoms with Crippen LogP contribution in [0.1, 0.15) is 11.6 Å². The van der Waals surface area contributed by atoms with Crippen molar-refractivity contribution in [3.8, 4) is 0 Å². The average Bonchev–Trinajstić information content (AvgIpc) is 2.17. The molecule has 14 heavy (non-hydrogen) atoms. The van der Waals surface area contributed by atoms with Crippen LogP contribution in [0.2, 0.25) is 0 Å². The summed E-state index contributed by atoms with van der Waals surface area (Å²) in [4.78, 5) is 10.4. The largest absolute Gasteiger partial charge is 0.364 e. The first-order valence-electron chi connectivity index (χ1n) is 3.94. The molecule has 0 bridgehead atoms. The van der Waals surface area contributed by atoms with Crippen molar-refractivity contribution in [3.05, 3.63) is 35.9 Å². The molecule has 4 N–H and O–H groups in total. The Labute approximate surface area is 79.7 Å². The molecular weight excluding hydrogens is 190 g/mol. The maximum Gasteiger partial charge on any atom is 0.343 e. The highest BCUT2D eigenvalue weighted by atomic mass is 19.3. The first-order valence-corrected chi connectivity index (χ1v) is 3.94. The van der Waals surface area contributed by atoms with Crippen LogP contribution in [-0.4, -0.2) is 11.8 Å². The average molecular weight is 200 g/mol. The summed E-state index contributed by atoms with van der Waals surface area (Å²) in [5.41, 5.74) is 9.94. The van der Waals surface area contributed by atoms with Crippen molar-refractivity contribution in [2.24, 2.45) is 11.5 Å². The van der Waals surface area contributed by atoms with Crippen molar-refractivity contribution in [2.45, 2.75) is 12.0 Å². The monoisotopic (exact) mass is 200 g/mol. The van der Waals surface area contributed by atoms with Crippen LogP contribution in [0.5, 0.6) is 0 Å². The summed E-state index contributed by atoms with van der Waals surface area (Å²) >= 11 is 0. The van der Waals surface area contributed by atoms with Crippen molar-refractivity contribution < 1.29 is 13.6 Å². The smallest absolute Gasteiger partial charge is 0.343 e. The van der Waals surface area contributed by atoms with Crippen LogP contribution in [-0.2, 0) is 4.79 Å². The number of carbonyl (C=O) groups excluding carboxylic acids is 1. The zero-order valence-electron chi connectivity index (χ0n) is 7.28. The van der Waals surface area contributed by atoms with E-state index in [0.29, 0.717) is 0 Å². The Kier molecular flexibility index (Phi) is 2.81. The molecule has 0 saturated carbocycles. The minimum atomic E-state index is -3.72. The lowest BCUT2D eigenvalue weighted by Gasteiger charge is -2.20. The molecule has 1 aromatic rings. The predicted molar refractivity (Wildman–Crippen MR) is 47.5 cm³/mol. The highest BCUT2D eigenvalue weighted by Gasteiger charge is 2.44. The topological polar surface area (TPSA) is 69.1 Å². The molecule has 0 aliphatic rings. The zero-order chi connectivity index (χ0) is 10.8. The lowest BCUT2D eigenvalue weighted by Crippen LogP contribution is -2.44. The third kappa shape index (κ3) is 1.88. The Balaban J connectivity index is 2.96. The van der Waals surface area contributed by atoms with Crippen LogP contribution in [0.3, 0.4) is 0 Å². The van der Waals surface area contributed by atoms with Gasteiger partial charge < -0.3 is 11.5 Å². The zero-order valence-corrected chi connectivity index (χ0v) is 7.28. The maximum absolute atomic E-state index is 13.0. The Morgan fingerprint density at radius 1 is 1.29 bits per heavy atom. The van der Waals surface area contributed by atoms with Gasteiger partial charge in [-0.25, -0.2) is 0 Å². The van der Waals surface area contributed by atoms with Crippen LogP contribution < -0.4 is 11.5 Å². The van der Waals surface area contributed by atoms with Crippen LogP contribution in [0, 0.1) is 0 Å². The van der Waals surface area contributed by atoms with Crippen LogP contribution >= 0.6 is 0 Å². The number of alkyl halides is 2. The van der Waals surface area contributed by atoms with Crippen molar-refractivity contribution in [1.82, 2.24) is 0 Å². The quantitative estimate of drug-likeness (QED) is 0.757. The Bertz CT molecular complexity index is 327. The molecule has 5 heteroatoms. The first kappa shape index (κ1) is 10.6. The van der Waals surface area contributed by atoms with Crippen molar-refractivity contribution >= 4 is 5.91 Å². The molecule has 1 amide bonds. The van der Waals surface area contributed by atoms with Gasteiger partial charge in [0.25, 0.3) is 5.91 Å². The van der Waals surface area contributed by atoms with E-state index < -0.39 is 17.9 Å². The van der Waals surface area contributed by atoms with Gasteiger partial charge in [0, 0.05) is 0 Å². The third-order valence-corrected chi connectivity index (χ3v) is 1.88. The number of amides is 1. The summed E-state index contributed by atoms with van der Waals surface area (Å²) < 4.78 is 26.1. The van der Waals surface area contributed by atoms with Crippen molar-refractivity contribution in [1.29, 1.82) is 0 Å². The van der Waals surface area contributed by atoms with E-state index in [1.165, 1.54) is 12.1 Å². The maximum atomic E-state index is 13.0. The van der Waals surface area contributed by atoms with Gasteiger partial charge in [-0.05, 0) is 5.56 Å². The number of nitrogens with two attached hydrogens (primary N) is 2. The summed E-state index contributed by atoms with van der Waals surface area (Å²) in [5.74, 6) is -5.43. The van der Waals surface area contributed by atoms with Crippen molar-refractivity contribution in [2.75, 3.05) is 0 Å². The van der Waals surface area contributed by atoms with Gasteiger partial charge in [-0.3, -0.25) is 4.79 Å². The second kappa shape index (κ2) is 3.71. The normalized spacial score (nSPS) is 13.6. The van der Waals surface area contributed by atoms with Crippen LogP contribution in [0.4, 0.5) is 8.78 Å². The van der Waals surface area contributed by atoms with E-state index in [1.807, 2.05) is 0 Å². The molecule has 0 aliphatic carbocycles. The van der Waals surface area contributed by atoms with Gasteiger partial charge in [-0.15, -0.1) is 0 Å². The van der Waals surface area contributed by atoms with Gasteiger partial charge in [0.15, 0.2) is 0 Å². The van der Waals surface area contributed by atoms with Gasteiger partial charge in [-0.2, -0.15) is 8.78 Å². The van der Waals surface area contributed by atoms with Crippen LogP contribution in [0.25, 0.3) is 0 Å². The van der Waals surface area contributed by atoms with E-state index in [0.717, 1.165) is 0 Å². The first-order chi connectivity index (χ1) is 6.46. The summed E-state index contributed by atoms with van der Waals surface area (Å²) in [6.07, 6.45) is 0. The van der Waals surface area contributed by atoms with E-state index in [9.17, 15) is 13.6 Å². The molecular formula is C9H10F2N2O.